The minimum atomic E-state index is -0.304. The van der Waals surface area contributed by atoms with Crippen molar-refractivity contribution in [2.75, 3.05) is 0 Å². The molecule has 0 aliphatic heterocycles. The maximum absolute atomic E-state index is 14.2. The lowest BCUT2D eigenvalue weighted by Crippen LogP contribution is -2.17. The van der Waals surface area contributed by atoms with Crippen LogP contribution < -0.4 is 0 Å². The number of halogens is 1. The number of thioether (sulfide) groups is 1. The fourth-order valence-electron chi connectivity index (χ4n) is 3.13. The van der Waals surface area contributed by atoms with Gasteiger partial charge >= 0.3 is 0 Å². The highest BCUT2D eigenvalue weighted by molar-refractivity contribution is 8.00. The van der Waals surface area contributed by atoms with E-state index in [1.165, 1.54) is 17.8 Å². The molecule has 1 aliphatic carbocycles. The lowest BCUT2D eigenvalue weighted by atomic mass is 10.2. The number of nitrogens with zero attached hydrogens (tertiary/aromatic N) is 3. The Balaban J connectivity index is 1.94. The van der Waals surface area contributed by atoms with Gasteiger partial charge in [-0.3, -0.25) is 4.79 Å². The summed E-state index contributed by atoms with van der Waals surface area (Å²) in [4.78, 5) is 12.3. The molecule has 1 saturated carbocycles. The molecule has 4 nitrogen and oxygen atoms in total. The largest absolute Gasteiger partial charge is 0.302 e. The molecule has 1 aromatic carbocycles. The third kappa shape index (κ3) is 4.29. The zero-order valence-electron chi connectivity index (χ0n) is 14.7. The lowest BCUT2D eigenvalue weighted by Gasteiger charge is -2.16. The van der Waals surface area contributed by atoms with Crippen molar-refractivity contribution in [1.29, 1.82) is 0 Å². The first-order valence-corrected chi connectivity index (χ1v) is 9.81. The van der Waals surface area contributed by atoms with Gasteiger partial charge in [0.15, 0.2) is 11.0 Å². The van der Waals surface area contributed by atoms with Gasteiger partial charge in [-0.25, -0.2) is 4.39 Å². The quantitative estimate of drug-likeness (QED) is 0.722. The predicted octanol–water partition coefficient (Wildman–Crippen LogP) is 4.73. The Hall–Kier alpha value is -1.69. The molecule has 1 fully saturated rings. The molecular weight excluding hydrogens is 337 g/mol. The second kappa shape index (κ2) is 8.13. The molecule has 1 aromatic heterocycles. The summed E-state index contributed by atoms with van der Waals surface area (Å²) >= 11 is 1.49. The average molecular weight is 361 g/mol. The second-order valence-electron chi connectivity index (χ2n) is 6.96. The number of aromatic nitrogens is 3. The van der Waals surface area contributed by atoms with Gasteiger partial charge in [0, 0.05) is 13.0 Å². The van der Waals surface area contributed by atoms with Crippen molar-refractivity contribution in [3.8, 4) is 11.4 Å². The van der Waals surface area contributed by atoms with Gasteiger partial charge in [-0.2, -0.15) is 0 Å². The highest BCUT2D eigenvalue weighted by atomic mass is 32.2. The number of Topliss-reactive ketones (excluding diaryl/α,β-unsaturated/α-hetero) is 1. The summed E-state index contributed by atoms with van der Waals surface area (Å²) in [7, 11) is 0. The van der Waals surface area contributed by atoms with Crippen LogP contribution in [-0.2, 0) is 11.3 Å². The lowest BCUT2D eigenvalue weighted by molar-refractivity contribution is -0.118. The molecule has 0 N–H and O–H groups in total. The second-order valence-corrected chi connectivity index (χ2v) is 8.13. The average Bonchev–Trinajstić information content (AvgIpc) is 2.83. The molecule has 0 saturated heterocycles. The van der Waals surface area contributed by atoms with Gasteiger partial charge in [0.05, 0.1) is 10.8 Å². The number of hydrogen-bond donors (Lipinski definition) is 0. The highest BCUT2D eigenvalue weighted by Gasteiger charge is 2.26. The Bertz CT molecular complexity index is 744. The number of hydrogen-bond acceptors (Lipinski definition) is 4. The Morgan fingerprint density at radius 2 is 2.04 bits per heavy atom. The number of rotatable bonds is 5. The molecule has 1 atom stereocenters. The van der Waals surface area contributed by atoms with E-state index >= 15 is 0 Å². The molecule has 2 aromatic rings. The van der Waals surface area contributed by atoms with Crippen LogP contribution >= 0.6 is 11.8 Å². The molecule has 0 unspecified atom stereocenters. The van der Waals surface area contributed by atoms with Gasteiger partial charge in [-0.05, 0) is 30.9 Å². The van der Waals surface area contributed by atoms with Gasteiger partial charge in [0.1, 0.15) is 11.6 Å². The molecule has 0 spiro atoms. The van der Waals surface area contributed by atoms with Crippen LogP contribution in [-0.4, -0.2) is 25.8 Å². The molecule has 6 heteroatoms. The molecule has 0 amide bonds. The number of benzene rings is 1. The van der Waals surface area contributed by atoms with E-state index < -0.39 is 0 Å². The number of carbonyl (C=O) groups excluding carboxylic acids is 1. The molecule has 0 bridgehead atoms. The topological polar surface area (TPSA) is 47.8 Å². The first-order chi connectivity index (χ1) is 12.1. The van der Waals surface area contributed by atoms with Crippen molar-refractivity contribution in [1.82, 2.24) is 14.8 Å². The number of carbonyl (C=O) groups is 1. The highest BCUT2D eigenvalue weighted by Crippen LogP contribution is 2.33. The molecular formula is C19H24FN3OS. The number of ketones is 1. The first-order valence-electron chi connectivity index (χ1n) is 8.93. The molecule has 3 rings (SSSR count). The van der Waals surface area contributed by atoms with Crippen molar-refractivity contribution in [2.24, 2.45) is 5.92 Å². The van der Waals surface area contributed by atoms with Crippen LogP contribution in [0.4, 0.5) is 4.39 Å². The van der Waals surface area contributed by atoms with Crippen molar-refractivity contribution < 1.29 is 9.18 Å². The summed E-state index contributed by atoms with van der Waals surface area (Å²) in [6.45, 7) is 4.91. The van der Waals surface area contributed by atoms with Crippen molar-refractivity contribution >= 4 is 17.5 Å². The van der Waals surface area contributed by atoms with Gasteiger partial charge in [0.25, 0.3) is 0 Å². The SMILES string of the molecule is CC(C)Cn1c(S[C@@H]2CCCCCC2=O)nnc1-c1ccccc1F. The summed E-state index contributed by atoms with van der Waals surface area (Å²) in [6, 6.07) is 6.63. The Morgan fingerprint density at radius 3 is 2.80 bits per heavy atom. The van der Waals surface area contributed by atoms with E-state index in [2.05, 4.69) is 24.0 Å². The normalized spacial score (nSPS) is 18.6. The Kier molecular flexibility index (Phi) is 5.89. The Morgan fingerprint density at radius 1 is 1.24 bits per heavy atom. The van der Waals surface area contributed by atoms with Crippen molar-refractivity contribution in [3.63, 3.8) is 0 Å². The van der Waals surface area contributed by atoms with E-state index in [-0.39, 0.29) is 11.1 Å². The van der Waals surface area contributed by atoms with Crippen molar-refractivity contribution in [2.45, 2.75) is 62.9 Å². The van der Waals surface area contributed by atoms with E-state index in [0.29, 0.717) is 41.2 Å². The fraction of sp³-hybridized carbons (Fsp3) is 0.526. The van der Waals surface area contributed by atoms with Gasteiger partial charge in [-0.1, -0.05) is 50.6 Å². The van der Waals surface area contributed by atoms with Crippen LogP contribution in [0, 0.1) is 11.7 Å². The van der Waals surface area contributed by atoms with Crippen molar-refractivity contribution in [3.05, 3.63) is 30.1 Å². The van der Waals surface area contributed by atoms with E-state index in [1.54, 1.807) is 18.2 Å². The van der Waals surface area contributed by atoms with Crippen LogP contribution in [0.15, 0.2) is 29.4 Å². The van der Waals surface area contributed by atoms with Crippen LogP contribution in [0.5, 0.6) is 0 Å². The summed E-state index contributed by atoms with van der Waals surface area (Å²) in [6.07, 6.45) is 4.70. The maximum atomic E-state index is 14.2. The summed E-state index contributed by atoms with van der Waals surface area (Å²) < 4.78 is 16.2. The van der Waals surface area contributed by atoms with Crippen LogP contribution in [0.2, 0.25) is 0 Å². The van der Waals surface area contributed by atoms with Crippen LogP contribution in [0.25, 0.3) is 11.4 Å². The smallest absolute Gasteiger partial charge is 0.192 e. The fourth-order valence-corrected chi connectivity index (χ4v) is 4.29. The van der Waals surface area contributed by atoms with Gasteiger partial charge in [0.2, 0.25) is 0 Å². The molecule has 1 aliphatic rings. The molecule has 0 radical (unpaired) electrons. The summed E-state index contributed by atoms with van der Waals surface area (Å²) in [5, 5.41) is 9.21. The standard InChI is InChI=1S/C19H24FN3OS/c1-13(2)12-23-18(14-8-6-7-9-15(14)20)21-22-19(23)25-17-11-5-3-4-10-16(17)24/h6-9,13,17H,3-5,10-12H2,1-2H3/t17-/m1/s1. The van der Waals surface area contributed by atoms with E-state index in [0.717, 1.165) is 25.7 Å². The molecule has 25 heavy (non-hydrogen) atoms. The molecule has 1 heterocycles. The zero-order chi connectivity index (χ0) is 17.8. The molecule has 134 valence electrons. The monoisotopic (exact) mass is 361 g/mol. The van der Waals surface area contributed by atoms with E-state index in [9.17, 15) is 9.18 Å². The minimum absolute atomic E-state index is 0.0638. The van der Waals surface area contributed by atoms with Crippen LogP contribution in [0.3, 0.4) is 0 Å². The maximum Gasteiger partial charge on any atom is 0.192 e. The van der Waals surface area contributed by atoms with E-state index in [4.69, 9.17) is 0 Å². The third-order valence-corrected chi connectivity index (χ3v) is 5.67. The first kappa shape index (κ1) is 18.1. The van der Waals surface area contributed by atoms with Gasteiger partial charge in [-0.15, -0.1) is 10.2 Å². The summed E-state index contributed by atoms with van der Waals surface area (Å²) in [5.74, 6) is 0.900. The third-order valence-electron chi connectivity index (χ3n) is 4.38. The van der Waals surface area contributed by atoms with Crippen LogP contribution in [0.1, 0.15) is 46.0 Å². The van der Waals surface area contributed by atoms with E-state index in [1.807, 2.05) is 4.57 Å². The zero-order valence-corrected chi connectivity index (χ0v) is 15.6. The Labute approximate surface area is 152 Å². The summed E-state index contributed by atoms with van der Waals surface area (Å²) in [5.41, 5.74) is 0.453. The van der Waals surface area contributed by atoms with Gasteiger partial charge < -0.3 is 4.57 Å². The minimum Gasteiger partial charge on any atom is -0.302 e. The predicted molar refractivity (Wildman–Crippen MR) is 98.0 cm³/mol.